The summed E-state index contributed by atoms with van der Waals surface area (Å²) in [7, 11) is 0. The molecule has 3 aromatic rings. The molecule has 0 aliphatic heterocycles. The smallest absolute Gasteiger partial charge is 0.407 e. The van der Waals surface area contributed by atoms with E-state index in [1.54, 1.807) is 0 Å². The molecular weight excluding hydrogens is 384 g/mol. The molecule has 0 unspecified atom stereocenters. The van der Waals surface area contributed by atoms with Gasteiger partial charge in [-0.2, -0.15) is 5.26 Å². The van der Waals surface area contributed by atoms with Gasteiger partial charge < -0.3 is 10.1 Å². The summed E-state index contributed by atoms with van der Waals surface area (Å²) in [5.74, 6) is 0.0638. The van der Waals surface area contributed by atoms with Crippen molar-refractivity contribution in [2.75, 3.05) is 13.2 Å². The van der Waals surface area contributed by atoms with Gasteiger partial charge in [0.1, 0.15) is 6.61 Å². The van der Waals surface area contributed by atoms with Crippen LogP contribution in [0.5, 0.6) is 0 Å². The fraction of sp³-hybridized carbons (Fsp3) is 0.185. The molecule has 0 saturated carbocycles. The van der Waals surface area contributed by atoms with Crippen LogP contribution in [0.3, 0.4) is 0 Å². The first-order chi connectivity index (χ1) is 15.2. The van der Waals surface area contributed by atoms with Crippen molar-refractivity contribution < 1.29 is 9.53 Å². The van der Waals surface area contributed by atoms with E-state index in [1.807, 2.05) is 61.5 Å². The molecule has 4 rings (SSSR count). The van der Waals surface area contributed by atoms with Gasteiger partial charge in [-0.25, -0.2) is 4.79 Å². The lowest BCUT2D eigenvalue weighted by atomic mass is 9.98. The van der Waals surface area contributed by atoms with E-state index in [0.29, 0.717) is 25.1 Å². The molecule has 3 aromatic carbocycles. The van der Waals surface area contributed by atoms with Gasteiger partial charge >= 0.3 is 6.09 Å². The van der Waals surface area contributed by atoms with Crippen molar-refractivity contribution in [3.63, 3.8) is 0 Å². The second kappa shape index (κ2) is 9.32. The molecule has 1 aliphatic rings. The standard InChI is InChI=1S/C27H24N2O2/c1-19-13-14-20(16-21(19)17-28)8-6-7-15-29-27(30)31-18-26-24-11-4-2-9-22(24)23-10-3-5-12-25(23)26/h2-6,8-14,16,26H,7,15,18H2,1H3,(H,29,30). The van der Waals surface area contributed by atoms with E-state index in [2.05, 4.69) is 35.7 Å². The Labute approximate surface area is 182 Å². The summed E-state index contributed by atoms with van der Waals surface area (Å²) in [6, 6.07) is 24.6. The molecule has 0 fully saturated rings. The minimum Gasteiger partial charge on any atom is -0.449 e. The summed E-state index contributed by atoms with van der Waals surface area (Å²) in [6.45, 7) is 2.73. The predicted octanol–water partition coefficient (Wildman–Crippen LogP) is 5.81. The molecule has 31 heavy (non-hydrogen) atoms. The highest BCUT2D eigenvalue weighted by Gasteiger charge is 2.28. The van der Waals surface area contributed by atoms with Gasteiger partial charge in [0.25, 0.3) is 0 Å². The first kappa shape index (κ1) is 20.4. The highest BCUT2D eigenvalue weighted by atomic mass is 16.5. The zero-order valence-electron chi connectivity index (χ0n) is 17.5. The topological polar surface area (TPSA) is 62.1 Å². The van der Waals surface area contributed by atoms with Crippen LogP contribution in [0.25, 0.3) is 17.2 Å². The SMILES string of the molecule is Cc1ccc(C=CCCNC(=O)OCC2c3ccccc3-c3ccccc32)cc1C#N. The quantitative estimate of drug-likeness (QED) is 0.524. The molecule has 1 amide bonds. The minimum absolute atomic E-state index is 0.0638. The largest absolute Gasteiger partial charge is 0.449 e. The number of nitrogens with one attached hydrogen (secondary N) is 1. The van der Waals surface area contributed by atoms with Crippen molar-refractivity contribution >= 4 is 12.2 Å². The van der Waals surface area contributed by atoms with Gasteiger partial charge in [-0.05, 0) is 52.8 Å². The predicted molar refractivity (Wildman–Crippen MR) is 123 cm³/mol. The van der Waals surface area contributed by atoms with Gasteiger partial charge in [0.2, 0.25) is 0 Å². The average Bonchev–Trinajstić information content (AvgIpc) is 3.12. The number of carbonyl (C=O) groups is 1. The van der Waals surface area contributed by atoms with Crippen molar-refractivity contribution in [2.45, 2.75) is 19.3 Å². The van der Waals surface area contributed by atoms with Crippen LogP contribution in [0.2, 0.25) is 0 Å². The van der Waals surface area contributed by atoms with E-state index in [9.17, 15) is 4.79 Å². The fourth-order valence-electron chi connectivity index (χ4n) is 3.99. The minimum atomic E-state index is -0.405. The van der Waals surface area contributed by atoms with Crippen molar-refractivity contribution in [1.82, 2.24) is 5.32 Å². The van der Waals surface area contributed by atoms with E-state index in [-0.39, 0.29) is 5.92 Å². The molecule has 4 heteroatoms. The van der Waals surface area contributed by atoms with Crippen LogP contribution in [0.1, 0.15) is 40.2 Å². The number of benzene rings is 3. The Morgan fingerprint density at radius 3 is 2.42 bits per heavy atom. The number of carbonyl (C=O) groups excluding carboxylic acids is 1. The Hall–Kier alpha value is -3.84. The number of amides is 1. The van der Waals surface area contributed by atoms with E-state index in [0.717, 1.165) is 11.1 Å². The molecular formula is C27H24N2O2. The van der Waals surface area contributed by atoms with Crippen LogP contribution in [0.15, 0.2) is 72.8 Å². The number of nitrogens with zero attached hydrogens (tertiary/aromatic N) is 1. The summed E-state index contributed by atoms with van der Waals surface area (Å²) in [5.41, 5.74) is 7.46. The van der Waals surface area contributed by atoms with Crippen molar-refractivity contribution in [3.05, 3.63) is 101 Å². The molecule has 0 heterocycles. The third kappa shape index (κ3) is 4.51. The lowest BCUT2D eigenvalue weighted by molar-refractivity contribution is 0.143. The van der Waals surface area contributed by atoms with Crippen molar-refractivity contribution in [2.24, 2.45) is 0 Å². The number of fused-ring (bicyclic) bond motifs is 3. The average molecular weight is 409 g/mol. The molecule has 0 atom stereocenters. The van der Waals surface area contributed by atoms with Gasteiger partial charge in [0, 0.05) is 12.5 Å². The van der Waals surface area contributed by atoms with E-state index < -0.39 is 6.09 Å². The summed E-state index contributed by atoms with van der Waals surface area (Å²) in [6.07, 6.45) is 4.22. The molecule has 0 bridgehead atoms. The molecule has 0 aromatic heterocycles. The van der Waals surface area contributed by atoms with Gasteiger partial charge in [-0.3, -0.25) is 0 Å². The Morgan fingerprint density at radius 1 is 1.06 bits per heavy atom. The number of hydrogen-bond acceptors (Lipinski definition) is 3. The first-order valence-electron chi connectivity index (χ1n) is 10.4. The van der Waals surface area contributed by atoms with Crippen molar-refractivity contribution in [1.29, 1.82) is 5.26 Å². The number of rotatable bonds is 6. The Bertz CT molecular complexity index is 1130. The Kier molecular flexibility index (Phi) is 6.14. The van der Waals surface area contributed by atoms with Crippen LogP contribution >= 0.6 is 0 Å². The van der Waals surface area contributed by atoms with Crippen LogP contribution < -0.4 is 5.32 Å². The molecule has 4 nitrogen and oxygen atoms in total. The molecule has 1 aliphatic carbocycles. The van der Waals surface area contributed by atoms with Crippen LogP contribution in [0, 0.1) is 18.3 Å². The summed E-state index contributed by atoms with van der Waals surface area (Å²) in [4.78, 5) is 12.2. The number of ether oxygens (including phenoxy) is 1. The van der Waals surface area contributed by atoms with Crippen LogP contribution in [0.4, 0.5) is 4.79 Å². The molecule has 0 spiro atoms. The second-order valence-corrected chi connectivity index (χ2v) is 7.63. The fourth-order valence-corrected chi connectivity index (χ4v) is 3.99. The third-order valence-corrected chi connectivity index (χ3v) is 5.62. The highest BCUT2D eigenvalue weighted by molar-refractivity contribution is 5.79. The number of aryl methyl sites for hydroxylation is 1. The Morgan fingerprint density at radius 2 is 1.74 bits per heavy atom. The number of hydrogen-bond donors (Lipinski definition) is 1. The lowest BCUT2D eigenvalue weighted by Gasteiger charge is -2.14. The number of nitriles is 1. The Balaban J connectivity index is 1.27. The molecule has 0 saturated heterocycles. The van der Waals surface area contributed by atoms with E-state index >= 15 is 0 Å². The highest BCUT2D eigenvalue weighted by Crippen LogP contribution is 2.44. The summed E-state index contributed by atoms with van der Waals surface area (Å²) < 4.78 is 5.54. The first-order valence-corrected chi connectivity index (χ1v) is 10.4. The van der Waals surface area contributed by atoms with Crippen molar-refractivity contribution in [3.8, 4) is 17.2 Å². The van der Waals surface area contributed by atoms with E-state index in [1.165, 1.54) is 22.3 Å². The summed E-state index contributed by atoms with van der Waals surface area (Å²) in [5, 5.41) is 11.9. The molecule has 1 N–H and O–H groups in total. The maximum Gasteiger partial charge on any atom is 0.407 e. The normalized spacial score (nSPS) is 12.3. The third-order valence-electron chi connectivity index (χ3n) is 5.62. The monoisotopic (exact) mass is 408 g/mol. The van der Waals surface area contributed by atoms with Gasteiger partial charge in [0.15, 0.2) is 0 Å². The van der Waals surface area contributed by atoms with Gasteiger partial charge in [0.05, 0.1) is 11.6 Å². The maximum absolute atomic E-state index is 12.2. The van der Waals surface area contributed by atoms with E-state index in [4.69, 9.17) is 10.00 Å². The lowest BCUT2D eigenvalue weighted by Crippen LogP contribution is -2.26. The van der Waals surface area contributed by atoms with Gasteiger partial charge in [-0.15, -0.1) is 0 Å². The van der Waals surface area contributed by atoms with Gasteiger partial charge in [-0.1, -0.05) is 72.8 Å². The zero-order valence-corrected chi connectivity index (χ0v) is 17.5. The van der Waals surface area contributed by atoms with Crippen LogP contribution in [-0.2, 0) is 4.74 Å². The molecule has 0 radical (unpaired) electrons. The second-order valence-electron chi connectivity index (χ2n) is 7.63. The zero-order chi connectivity index (χ0) is 21.6. The number of alkyl carbamates (subject to hydrolysis) is 1. The molecule has 154 valence electrons. The summed E-state index contributed by atoms with van der Waals surface area (Å²) >= 11 is 0. The maximum atomic E-state index is 12.2. The van der Waals surface area contributed by atoms with Crippen LogP contribution in [-0.4, -0.2) is 19.2 Å².